The molecule has 1 atom stereocenters. The van der Waals surface area contributed by atoms with Crippen molar-refractivity contribution < 1.29 is 0 Å². The molecule has 15 heavy (non-hydrogen) atoms. The van der Waals surface area contributed by atoms with Gasteiger partial charge in [-0.1, -0.05) is 34.4 Å². The van der Waals surface area contributed by atoms with Crippen LogP contribution in [0.25, 0.3) is 11.0 Å². The van der Waals surface area contributed by atoms with Crippen LogP contribution in [0.4, 0.5) is 0 Å². The Hall–Kier alpha value is -0.570. The summed E-state index contributed by atoms with van der Waals surface area (Å²) in [5.41, 5.74) is 0.614. The van der Waals surface area contributed by atoms with E-state index < -0.39 is 0 Å². The molecule has 1 aliphatic rings. The maximum Gasteiger partial charge on any atom is 0.284 e. The van der Waals surface area contributed by atoms with Crippen molar-refractivity contribution in [1.82, 2.24) is 19.7 Å². The van der Waals surface area contributed by atoms with Crippen LogP contribution < -0.4 is 5.56 Å². The van der Waals surface area contributed by atoms with Crippen molar-refractivity contribution in [1.29, 1.82) is 0 Å². The summed E-state index contributed by atoms with van der Waals surface area (Å²) in [5.74, 6) is 0.980. The topological polar surface area (TPSA) is 63.6 Å². The third-order valence-corrected chi connectivity index (χ3v) is 4.56. The largest absolute Gasteiger partial charge is 0.300 e. The fourth-order valence-electron chi connectivity index (χ4n) is 1.72. The lowest BCUT2D eigenvalue weighted by molar-refractivity contribution is 0.592. The average Bonchev–Trinajstić information content (AvgIpc) is 2.81. The smallest absolute Gasteiger partial charge is 0.284 e. The van der Waals surface area contributed by atoms with Crippen LogP contribution in [0, 0.1) is 0 Å². The van der Waals surface area contributed by atoms with E-state index in [2.05, 4.69) is 42.3 Å². The van der Waals surface area contributed by atoms with Gasteiger partial charge in [-0.05, 0) is 0 Å². The lowest BCUT2D eigenvalue weighted by atomic mass is 10.3. The Morgan fingerprint density at radius 2 is 2.60 bits per heavy atom. The standard InChI is InChI=1S/C8H7IN4OS/c9-1-4-3-15-8-11-7(14)5-2-10-12-6(5)13(4)8/h2,4H,1,3H2,(H,10,12)/t4-/m1/s1. The number of thioether (sulfide) groups is 1. The lowest BCUT2D eigenvalue weighted by Gasteiger charge is -2.10. The van der Waals surface area contributed by atoms with Gasteiger partial charge in [0.05, 0.1) is 12.2 Å². The van der Waals surface area contributed by atoms with Crippen molar-refractivity contribution in [3.05, 3.63) is 16.6 Å². The molecule has 3 rings (SSSR count). The summed E-state index contributed by atoms with van der Waals surface area (Å²) >= 11 is 3.98. The first-order chi connectivity index (χ1) is 7.31. The third kappa shape index (κ3) is 1.32. The Morgan fingerprint density at radius 1 is 1.73 bits per heavy atom. The Kier molecular flexibility index (Phi) is 2.23. The molecule has 78 valence electrons. The monoisotopic (exact) mass is 334 g/mol. The van der Waals surface area contributed by atoms with Crippen molar-refractivity contribution in [3.8, 4) is 0 Å². The zero-order valence-corrected chi connectivity index (χ0v) is 10.6. The first-order valence-corrected chi connectivity index (χ1v) is 6.96. The van der Waals surface area contributed by atoms with Gasteiger partial charge in [-0.15, -0.1) is 0 Å². The van der Waals surface area contributed by atoms with Gasteiger partial charge in [0.2, 0.25) is 0 Å². The van der Waals surface area contributed by atoms with Crippen LogP contribution in [0.5, 0.6) is 0 Å². The Labute approximate surface area is 103 Å². The molecule has 0 spiro atoms. The minimum Gasteiger partial charge on any atom is -0.300 e. The maximum atomic E-state index is 11.6. The molecule has 2 aromatic heterocycles. The highest BCUT2D eigenvalue weighted by Crippen LogP contribution is 2.34. The summed E-state index contributed by atoms with van der Waals surface area (Å²) < 4.78 is 3.09. The molecule has 0 fully saturated rings. The van der Waals surface area contributed by atoms with E-state index in [0.717, 1.165) is 21.0 Å². The molecular weight excluding hydrogens is 327 g/mol. The predicted octanol–water partition coefficient (Wildman–Crippen LogP) is 1.20. The summed E-state index contributed by atoms with van der Waals surface area (Å²) in [6.07, 6.45) is 1.55. The van der Waals surface area contributed by atoms with E-state index >= 15 is 0 Å². The number of aromatic amines is 1. The number of hydrogen-bond acceptors (Lipinski definition) is 4. The quantitative estimate of drug-likeness (QED) is 0.484. The molecule has 1 aliphatic heterocycles. The summed E-state index contributed by atoms with van der Waals surface area (Å²) in [7, 11) is 0. The first kappa shape index (κ1) is 9.64. The minimum absolute atomic E-state index is 0.188. The van der Waals surface area contributed by atoms with Gasteiger partial charge in [0, 0.05) is 10.2 Å². The van der Waals surface area contributed by atoms with Crippen LogP contribution >= 0.6 is 34.4 Å². The van der Waals surface area contributed by atoms with Gasteiger partial charge in [0.15, 0.2) is 5.16 Å². The molecular formula is C8H7IN4OS. The molecule has 0 aliphatic carbocycles. The van der Waals surface area contributed by atoms with Crippen molar-refractivity contribution in [2.45, 2.75) is 11.2 Å². The number of fused-ring (bicyclic) bond motifs is 3. The predicted molar refractivity (Wildman–Crippen MR) is 66.8 cm³/mol. The molecule has 0 amide bonds. The summed E-state index contributed by atoms with van der Waals surface area (Å²) in [5, 5.41) is 8.18. The van der Waals surface area contributed by atoms with Gasteiger partial charge in [-0.2, -0.15) is 10.1 Å². The number of H-pyrrole nitrogens is 1. The fraction of sp³-hybridized carbons (Fsp3) is 0.375. The Bertz CT molecular complexity index is 578. The van der Waals surface area contributed by atoms with Crippen molar-refractivity contribution in [3.63, 3.8) is 0 Å². The van der Waals surface area contributed by atoms with E-state index in [-0.39, 0.29) is 5.56 Å². The Balaban J connectivity index is 2.40. The summed E-state index contributed by atoms with van der Waals surface area (Å²) in [6, 6.07) is 0.404. The number of rotatable bonds is 1. The van der Waals surface area contributed by atoms with Crippen molar-refractivity contribution in [2.24, 2.45) is 0 Å². The maximum absolute atomic E-state index is 11.6. The second-order valence-electron chi connectivity index (χ2n) is 3.32. The molecule has 0 bridgehead atoms. The molecule has 0 saturated carbocycles. The normalized spacial score (nSPS) is 19.7. The van der Waals surface area contributed by atoms with E-state index in [1.807, 2.05) is 0 Å². The second-order valence-corrected chi connectivity index (χ2v) is 5.19. The first-order valence-electron chi connectivity index (χ1n) is 4.45. The number of nitrogens with zero attached hydrogens (tertiary/aromatic N) is 3. The van der Waals surface area contributed by atoms with Crippen LogP contribution in [-0.4, -0.2) is 29.9 Å². The third-order valence-electron chi connectivity index (χ3n) is 2.44. The zero-order chi connectivity index (χ0) is 10.4. The summed E-state index contributed by atoms with van der Waals surface area (Å²) in [6.45, 7) is 0. The zero-order valence-electron chi connectivity index (χ0n) is 7.61. The van der Waals surface area contributed by atoms with Gasteiger partial charge < -0.3 is 4.57 Å². The highest BCUT2D eigenvalue weighted by molar-refractivity contribution is 14.1. The molecule has 5 nitrogen and oxygen atoms in total. The van der Waals surface area contributed by atoms with E-state index in [0.29, 0.717) is 11.4 Å². The lowest BCUT2D eigenvalue weighted by Crippen LogP contribution is -2.16. The van der Waals surface area contributed by atoms with Gasteiger partial charge >= 0.3 is 0 Å². The molecule has 0 saturated heterocycles. The van der Waals surface area contributed by atoms with E-state index in [4.69, 9.17) is 0 Å². The van der Waals surface area contributed by atoms with Gasteiger partial charge in [-0.3, -0.25) is 9.89 Å². The number of nitrogens with one attached hydrogen (secondary N) is 1. The van der Waals surface area contributed by atoms with Crippen LogP contribution in [0.3, 0.4) is 0 Å². The number of alkyl halides is 1. The van der Waals surface area contributed by atoms with Gasteiger partial charge in [0.1, 0.15) is 11.0 Å². The van der Waals surface area contributed by atoms with Crippen molar-refractivity contribution in [2.75, 3.05) is 10.2 Å². The van der Waals surface area contributed by atoms with E-state index in [1.165, 1.54) is 0 Å². The van der Waals surface area contributed by atoms with Crippen molar-refractivity contribution >= 4 is 45.4 Å². The Morgan fingerprint density at radius 3 is 3.40 bits per heavy atom. The molecule has 1 N–H and O–H groups in total. The number of hydrogen-bond donors (Lipinski definition) is 1. The number of aromatic nitrogens is 4. The SMILES string of the molecule is O=c1nc2n(c3[nH]ncc13)[C@H](CI)CS2. The molecule has 2 aromatic rings. The van der Waals surface area contributed by atoms with Gasteiger partial charge in [-0.25, -0.2) is 0 Å². The highest BCUT2D eigenvalue weighted by atomic mass is 127. The van der Waals surface area contributed by atoms with E-state index in [9.17, 15) is 4.79 Å². The van der Waals surface area contributed by atoms with Crippen LogP contribution in [0.1, 0.15) is 6.04 Å². The van der Waals surface area contributed by atoms with E-state index in [1.54, 1.807) is 18.0 Å². The van der Waals surface area contributed by atoms with Crippen LogP contribution in [0.2, 0.25) is 0 Å². The second kappa shape index (κ2) is 3.48. The summed E-state index contributed by atoms with van der Waals surface area (Å²) in [4.78, 5) is 15.7. The number of halogens is 1. The van der Waals surface area contributed by atoms with Crippen LogP contribution in [0.15, 0.2) is 16.1 Å². The molecule has 0 aromatic carbocycles. The minimum atomic E-state index is -0.188. The molecule has 0 radical (unpaired) electrons. The molecule has 3 heterocycles. The van der Waals surface area contributed by atoms with Gasteiger partial charge in [0.25, 0.3) is 5.56 Å². The highest BCUT2D eigenvalue weighted by Gasteiger charge is 2.25. The van der Waals surface area contributed by atoms with Crippen LogP contribution in [-0.2, 0) is 0 Å². The molecule has 0 unspecified atom stereocenters. The fourth-order valence-corrected chi connectivity index (χ4v) is 3.98. The molecule has 7 heteroatoms. The average molecular weight is 334 g/mol.